The highest BCUT2D eigenvalue weighted by Gasteiger charge is 2.05. The molecule has 0 aromatic rings. The summed E-state index contributed by atoms with van der Waals surface area (Å²) in [6.45, 7) is 10.1. The molecule has 0 fully saturated rings. The highest BCUT2D eigenvalue weighted by molar-refractivity contribution is 4.59. The van der Waals surface area contributed by atoms with Gasteiger partial charge in [-0.15, -0.1) is 0 Å². The molecule has 0 amide bonds. The fourth-order valence-electron chi connectivity index (χ4n) is 1.58. The van der Waals surface area contributed by atoms with E-state index in [0.29, 0.717) is 5.92 Å². The average Bonchev–Trinajstić information content (AvgIpc) is 2.17. The molecule has 0 aliphatic rings. The van der Waals surface area contributed by atoms with Gasteiger partial charge in [0.1, 0.15) is 0 Å². The third-order valence-electron chi connectivity index (χ3n) is 2.96. The van der Waals surface area contributed by atoms with Crippen molar-refractivity contribution >= 4 is 0 Å². The first kappa shape index (κ1) is 13.9. The maximum atomic E-state index is 5.58. The second kappa shape index (κ2) is 8.25. The topological polar surface area (TPSA) is 29.3 Å². The molecule has 2 N–H and O–H groups in total. The molecule has 86 valence electrons. The lowest BCUT2D eigenvalue weighted by atomic mass is 10.1. The van der Waals surface area contributed by atoms with Gasteiger partial charge in [0.2, 0.25) is 0 Å². The van der Waals surface area contributed by atoms with Crippen molar-refractivity contribution in [1.82, 2.24) is 4.90 Å². The van der Waals surface area contributed by atoms with Crippen LogP contribution in [0.15, 0.2) is 0 Å². The van der Waals surface area contributed by atoms with E-state index in [1.807, 2.05) is 0 Å². The second-order valence-corrected chi connectivity index (χ2v) is 4.76. The van der Waals surface area contributed by atoms with Gasteiger partial charge >= 0.3 is 0 Å². The van der Waals surface area contributed by atoms with Crippen LogP contribution in [0, 0.1) is 11.8 Å². The summed E-state index contributed by atoms with van der Waals surface area (Å²) in [6, 6.07) is 0. The molecule has 0 saturated carbocycles. The summed E-state index contributed by atoms with van der Waals surface area (Å²) >= 11 is 0. The van der Waals surface area contributed by atoms with E-state index in [1.165, 1.54) is 32.4 Å². The Kier molecular flexibility index (Phi) is 8.20. The van der Waals surface area contributed by atoms with Crippen LogP contribution in [-0.4, -0.2) is 31.6 Å². The van der Waals surface area contributed by atoms with Crippen LogP contribution >= 0.6 is 0 Å². The van der Waals surface area contributed by atoms with E-state index < -0.39 is 0 Å². The molecule has 2 unspecified atom stereocenters. The molecule has 0 aromatic carbocycles. The van der Waals surface area contributed by atoms with Crippen molar-refractivity contribution in [3.05, 3.63) is 0 Å². The van der Waals surface area contributed by atoms with Gasteiger partial charge in [-0.3, -0.25) is 0 Å². The van der Waals surface area contributed by atoms with Crippen LogP contribution in [0.25, 0.3) is 0 Å². The van der Waals surface area contributed by atoms with Gasteiger partial charge in [-0.1, -0.05) is 27.2 Å². The normalized spacial score (nSPS) is 15.9. The molecule has 2 nitrogen and oxygen atoms in total. The Bertz CT molecular complexity index is 125. The van der Waals surface area contributed by atoms with Crippen LogP contribution in [-0.2, 0) is 0 Å². The second-order valence-electron chi connectivity index (χ2n) is 4.76. The Balaban J connectivity index is 3.39. The Morgan fingerprint density at radius 3 is 2.36 bits per heavy atom. The zero-order valence-electron chi connectivity index (χ0n) is 10.4. The van der Waals surface area contributed by atoms with Crippen LogP contribution in [0.5, 0.6) is 0 Å². The summed E-state index contributed by atoms with van der Waals surface area (Å²) < 4.78 is 0. The largest absolute Gasteiger partial charge is 0.330 e. The summed E-state index contributed by atoms with van der Waals surface area (Å²) in [5, 5.41) is 0. The standard InChI is InChI=1S/C12H28N2/c1-5-11(2)10-14(4)8-6-7-12(3)9-13/h11-12H,5-10,13H2,1-4H3. The van der Waals surface area contributed by atoms with E-state index in [-0.39, 0.29) is 0 Å². The van der Waals surface area contributed by atoms with E-state index in [9.17, 15) is 0 Å². The number of hydrogen-bond acceptors (Lipinski definition) is 2. The molecule has 0 radical (unpaired) electrons. The van der Waals surface area contributed by atoms with Crippen molar-refractivity contribution in [2.75, 3.05) is 26.7 Å². The average molecular weight is 200 g/mol. The summed E-state index contributed by atoms with van der Waals surface area (Å²) in [5.74, 6) is 1.51. The van der Waals surface area contributed by atoms with Crippen LogP contribution in [0.1, 0.15) is 40.0 Å². The molecular formula is C12H28N2. The highest BCUT2D eigenvalue weighted by atomic mass is 15.1. The molecule has 0 rings (SSSR count). The maximum absolute atomic E-state index is 5.58. The van der Waals surface area contributed by atoms with Gasteiger partial charge in [0.05, 0.1) is 0 Å². The van der Waals surface area contributed by atoms with Gasteiger partial charge in [0.25, 0.3) is 0 Å². The summed E-state index contributed by atoms with van der Waals surface area (Å²) in [5.41, 5.74) is 5.58. The third-order valence-corrected chi connectivity index (χ3v) is 2.96. The zero-order valence-corrected chi connectivity index (χ0v) is 10.4. The molecule has 0 bridgehead atoms. The predicted octanol–water partition coefficient (Wildman–Crippen LogP) is 2.34. The Morgan fingerprint density at radius 2 is 1.86 bits per heavy atom. The van der Waals surface area contributed by atoms with E-state index >= 15 is 0 Å². The molecule has 0 aromatic heterocycles. The fraction of sp³-hybridized carbons (Fsp3) is 1.00. The van der Waals surface area contributed by atoms with Crippen molar-refractivity contribution in [1.29, 1.82) is 0 Å². The molecule has 2 atom stereocenters. The first-order valence-electron chi connectivity index (χ1n) is 5.98. The van der Waals surface area contributed by atoms with Crippen molar-refractivity contribution in [2.24, 2.45) is 17.6 Å². The molecule has 2 heteroatoms. The number of nitrogens with zero attached hydrogens (tertiary/aromatic N) is 1. The molecule has 0 spiro atoms. The molecule has 0 heterocycles. The fourth-order valence-corrected chi connectivity index (χ4v) is 1.58. The summed E-state index contributed by atoms with van der Waals surface area (Å²) in [7, 11) is 2.22. The zero-order chi connectivity index (χ0) is 11.0. The molecular weight excluding hydrogens is 172 g/mol. The molecule has 14 heavy (non-hydrogen) atoms. The summed E-state index contributed by atoms with van der Waals surface area (Å²) in [6.07, 6.45) is 3.83. The smallest absolute Gasteiger partial charge is 0.000387 e. The van der Waals surface area contributed by atoms with Crippen molar-refractivity contribution in [3.8, 4) is 0 Å². The predicted molar refractivity (Wildman–Crippen MR) is 64.4 cm³/mol. The highest BCUT2D eigenvalue weighted by Crippen LogP contribution is 2.06. The SMILES string of the molecule is CCC(C)CN(C)CCCC(C)CN. The molecule has 0 aliphatic heterocycles. The molecule has 0 aliphatic carbocycles. The van der Waals surface area contributed by atoms with Crippen LogP contribution < -0.4 is 5.73 Å². The van der Waals surface area contributed by atoms with Crippen LogP contribution in [0.4, 0.5) is 0 Å². The minimum Gasteiger partial charge on any atom is -0.330 e. The Hall–Kier alpha value is -0.0800. The van der Waals surface area contributed by atoms with Gasteiger partial charge in [0, 0.05) is 6.54 Å². The van der Waals surface area contributed by atoms with Crippen molar-refractivity contribution in [2.45, 2.75) is 40.0 Å². The lowest BCUT2D eigenvalue weighted by molar-refractivity contribution is 0.271. The first-order valence-corrected chi connectivity index (χ1v) is 5.98. The van der Waals surface area contributed by atoms with E-state index in [2.05, 4.69) is 32.7 Å². The van der Waals surface area contributed by atoms with E-state index in [0.717, 1.165) is 12.5 Å². The van der Waals surface area contributed by atoms with Gasteiger partial charge in [-0.05, 0) is 44.8 Å². The molecule has 0 saturated heterocycles. The minimum absolute atomic E-state index is 0.687. The number of rotatable bonds is 8. The van der Waals surface area contributed by atoms with E-state index in [4.69, 9.17) is 5.73 Å². The van der Waals surface area contributed by atoms with Crippen molar-refractivity contribution in [3.63, 3.8) is 0 Å². The Labute approximate surface area is 89.9 Å². The van der Waals surface area contributed by atoms with Gasteiger partial charge in [-0.2, -0.15) is 0 Å². The number of nitrogens with two attached hydrogens (primary N) is 1. The Morgan fingerprint density at radius 1 is 1.21 bits per heavy atom. The first-order chi connectivity index (χ1) is 6.60. The van der Waals surface area contributed by atoms with Crippen LogP contribution in [0.2, 0.25) is 0 Å². The van der Waals surface area contributed by atoms with Crippen molar-refractivity contribution < 1.29 is 0 Å². The van der Waals surface area contributed by atoms with Gasteiger partial charge < -0.3 is 10.6 Å². The minimum atomic E-state index is 0.687. The summed E-state index contributed by atoms with van der Waals surface area (Å²) in [4.78, 5) is 2.44. The third kappa shape index (κ3) is 7.34. The quantitative estimate of drug-likeness (QED) is 0.651. The van der Waals surface area contributed by atoms with E-state index in [1.54, 1.807) is 0 Å². The maximum Gasteiger partial charge on any atom is 0.000387 e. The lowest BCUT2D eigenvalue weighted by Gasteiger charge is -2.20. The number of hydrogen-bond donors (Lipinski definition) is 1. The lowest BCUT2D eigenvalue weighted by Crippen LogP contribution is -2.25. The monoisotopic (exact) mass is 200 g/mol. The van der Waals surface area contributed by atoms with Gasteiger partial charge in [-0.25, -0.2) is 0 Å². The van der Waals surface area contributed by atoms with Crippen LogP contribution in [0.3, 0.4) is 0 Å². The van der Waals surface area contributed by atoms with Gasteiger partial charge in [0.15, 0.2) is 0 Å².